The number of carbonyl (C=O) groups is 2. The van der Waals surface area contributed by atoms with Crippen molar-refractivity contribution in [3.8, 4) is 0 Å². The third-order valence-corrected chi connectivity index (χ3v) is 1.29. The van der Waals surface area contributed by atoms with Crippen molar-refractivity contribution in [2.45, 2.75) is 0 Å². The summed E-state index contributed by atoms with van der Waals surface area (Å²) in [5, 5.41) is 7.99. The van der Waals surface area contributed by atoms with Gasteiger partial charge < -0.3 is 4.74 Å². The van der Waals surface area contributed by atoms with E-state index in [1.54, 1.807) is 0 Å². The van der Waals surface area contributed by atoms with E-state index >= 15 is 0 Å². The fourth-order valence-corrected chi connectivity index (χ4v) is 0.739. The third kappa shape index (κ3) is 1.42. The van der Waals surface area contributed by atoms with Crippen molar-refractivity contribution in [1.82, 2.24) is 15.4 Å². The minimum Gasteiger partial charge on any atom is -0.464 e. The lowest BCUT2D eigenvalue weighted by atomic mass is 10.3. The van der Waals surface area contributed by atoms with Crippen LogP contribution in [0.25, 0.3) is 0 Å². The summed E-state index contributed by atoms with van der Waals surface area (Å²) >= 11 is 5.08. The molecule has 7 heteroatoms. The average molecular weight is 190 g/mol. The van der Waals surface area contributed by atoms with E-state index in [0.29, 0.717) is 0 Å². The van der Waals surface area contributed by atoms with Crippen molar-refractivity contribution in [3.05, 3.63) is 11.4 Å². The number of aromatic amines is 1. The maximum atomic E-state index is 10.8. The molecule has 12 heavy (non-hydrogen) atoms. The molecule has 0 saturated heterocycles. The van der Waals surface area contributed by atoms with Crippen molar-refractivity contribution >= 4 is 22.8 Å². The molecule has 1 N–H and O–H groups in total. The van der Waals surface area contributed by atoms with Crippen LogP contribution in [0, 0.1) is 0 Å². The van der Waals surface area contributed by atoms with Gasteiger partial charge in [-0.3, -0.25) is 4.79 Å². The minimum absolute atomic E-state index is 0.211. The summed E-state index contributed by atoms with van der Waals surface area (Å²) in [7, 11) is 1.17. The molecule has 0 unspecified atom stereocenters. The first-order valence-corrected chi connectivity index (χ1v) is 3.23. The average Bonchev–Trinajstić information content (AvgIpc) is 2.50. The molecule has 0 aromatic carbocycles. The molecule has 0 radical (unpaired) electrons. The maximum absolute atomic E-state index is 10.8. The van der Waals surface area contributed by atoms with E-state index in [2.05, 4.69) is 20.1 Å². The van der Waals surface area contributed by atoms with Gasteiger partial charge in [-0.15, -0.1) is 5.10 Å². The number of carbonyl (C=O) groups excluding carboxylic acids is 2. The topological polar surface area (TPSA) is 84.9 Å². The van der Waals surface area contributed by atoms with Gasteiger partial charge in [0, 0.05) is 0 Å². The SMILES string of the molecule is COC(=O)c1n[nH]nc1C(=O)Cl. The number of nitrogens with zero attached hydrogens (tertiary/aromatic N) is 2. The zero-order chi connectivity index (χ0) is 9.14. The Balaban J connectivity index is 3.07. The zero-order valence-corrected chi connectivity index (χ0v) is 6.75. The van der Waals surface area contributed by atoms with E-state index in [0.717, 1.165) is 0 Å². The minimum atomic E-state index is -0.857. The molecule has 0 aliphatic carbocycles. The molecule has 0 atom stereocenters. The largest absolute Gasteiger partial charge is 0.464 e. The number of ether oxygens (including phenoxy) is 1. The summed E-state index contributed by atoms with van der Waals surface area (Å²) in [5.41, 5.74) is -0.444. The van der Waals surface area contributed by atoms with Gasteiger partial charge in [-0.25, -0.2) is 4.79 Å². The zero-order valence-electron chi connectivity index (χ0n) is 6.00. The molecule has 0 spiro atoms. The second-order valence-electron chi connectivity index (χ2n) is 1.79. The van der Waals surface area contributed by atoms with Gasteiger partial charge in [0.1, 0.15) is 0 Å². The van der Waals surface area contributed by atoms with Gasteiger partial charge in [0.15, 0.2) is 5.69 Å². The number of methoxy groups -OCH3 is 1. The smallest absolute Gasteiger partial charge is 0.361 e. The van der Waals surface area contributed by atoms with E-state index in [1.165, 1.54) is 7.11 Å². The Hall–Kier alpha value is -1.43. The van der Waals surface area contributed by atoms with E-state index in [-0.39, 0.29) is 11.4 Å². The number of nitrogens with one attached hydrogen (secondary N) is 1. The first-order chi connectivity index (χ1) is 5.66. The normalized spacial score (nSPS) is 9.50. The number of halogens is 1. The summed E-state index contributed by atoms with van der Waals surface area (Å²) in [6.45, 7) is 0. The highest BCUT2D eigenvalue weighted by atomic mass is 35.5. The van der Waals surface area contributed by atoms with Crippen LogP contribution in [0.1, 0.15) is 21.0 Å². The van der Waals surface area contributed by atoms with E-state index in [4.69, 9.17) is 11.6 Å². The summed E-state index contributed by atoms with van der Waals surface area (Å²) < 4.78 is 4.31. The Morgan fingerprint density at radius 1 is 1.42 bits per heavy atom. The number of H-pyrrole nitrogens is 1. The number of esters is 1. The first-order valence-electron chi connectivity index (χ1n) is 2.85. The highest BCUT2D eigenvalue weighted by Gasteiger charge is 2.20. The monoisotopic (exact) mass is 189 g/mol. The summed E-state index contributed by atoms with van der Waals surface area (Å²) in [5.74, 6) is -0.757. The van der Waals surface area contributed by atoms with Gasteiger partial charge in [-0.05, 0) is 11.6 Å². The Kier molecular flexibility index (Phi) is 2.39. The van der Waals surface area contributed by atoms with Gasteiger partial charge >= 0.3 is 5.97 Å². The number of aromatic nitrogens is 3. The summed E-state index contributed by atoms with van der Waals surface area (Å²) in [6.07, 6.45) is 0. The number of rotatable bonds is 2. The quantitative estimate of drug-likeness (QED) is 0.522. The highest BCUT2D eigenvalue weighted by molar-refractivity contribution is 6.67. The van der Waals surface area contributed by atoms with Crippen molar-refractivity contribution in [2.24, 2.45) is 0 Å². The fourth-order valence-electron chi connectivity index (χ4n) is 0.607. The molecule has 0 bridgehead atoms. The summed E-state index contributed by atoms with van der Waals surface area (Å²) in [6, 6.07) is 0. The molecule has 1 aromatic heterocycles. The molecule has 1 rings (SSSR count). The van der Waals surface area contributed by atoms with Crippen LogP contribution in [0.15, 0.2) is 0 Å². The lowest BCUT2D eigenvalue weighted by Gasteiger charge is -1.92. The molecule has 0 fully saturated rings. The number of hydrogen-bond acceptors (Lipinski definition) is 5. The maximum Gasteiger partial charge on any atom is 0.361 e. The van der Waals surface area contributed by atoms with E-state index < -0.39 is 11.2 Å². The van der Waals surface area contributed by atoms with Gasteiger partial charge in [-0.2, -0.15) is 10.3 Å². The Morgan fingerprint density at radius 2 is 2.00 bits per heavy atom. The lowest BCUT2D eigenvalue weighted by molar-refractivity contribution is 0.0591. The molecule has 64 valence electrons. The van der Waals surface area contributed by atoms with Gasteiger partial charge in [-0.1, -0.05) is 0 Å². The lowest BCUT2D eigenvalue weighted by Crippen LogP contribution is -2.07. The molecule has 0 aliphatic heterocycles. The molecule has 6 nitrogen and oxygen atoms in total. The second kappa shape index (κ2) is 3.31. The Bertz CT molecular complexity index is 321. The molecular formula is C5H4ClN3O3. The Labute approximate surface area is 71.9 Å². The van der Waals surface area contributed by atoms with Gasteiger partial charge in [0.05, 0.1) is 7.11 Å². The molecule has 1 heterocycles. The molecule has 0 amide bonds. The van der Waals surface area contributed by atoms with E-state index in [1.807, 2.05) is 0 Å². The predicted octanol–water partition coefficient (Wildman–Crippen LogP) is -0.0297. The highest BCUT2D eigenvalue weighted by Crippen LogP contribution is 2.05. The van der Waals surface area contributed by atoms with Crippen LogP contribution in [0.2, 0.25) is 0 Å². The molecule has 1 aromatic rings. The van der Waals surface area contributed by atoms with Crippen LogP contribution in [-0.4, -0.2) is 33.7 Å². The fraction of sp³-hybridized carbons (Fsp3) is 0.200. The predicted molar refractivity (Wildman–Crippen MR) is 37.9 cm³/mol. The summed E-state index contributed by atoms with van der Waals surface area (Å²) in [4.78, 5) is 21.4. The van der Waals surface area contributed by atoms with Crippen molar-refractivity contribution in [3.63, 3.8) is 0 Å². The van der Waals surface area contributed by atoms with E-state index in [9.17, 15) is 9.59 Å². The first kappa shape index (κ1) is 8.66. The van der Waals surface area contributed by atoms with Gasteiger partial charge in [0.25, 0.3) is 5.24 Å². The van der Waals surface area contributed by atoms with Crippen LogP contribution >= 0.6 is 11.6 Å². The standard InChI is InChI=1S/C5H4ClN3O3/c1-12-5(11)3-2(4(6)10)7-9-8-3/h1H3,(H,7,8,9). The van der Waals surface area contributed by atoms with Crippen LogP contribution in [-0.2, 0) is 4.74 Å². The van der Waals surface area contributed by atoms with Crippen molar-refractivity contribution in [2.75, 3.05) is 7.11 Å². The van der Waals surface area contributed by atoms with Gasteiger partial charge in [0.2, 0.25) is 5.69 Å². The van der Waals surface area contributed by atoms with Crippen molar-refractivity contribution < 1.29 is 14.3 Å². The molecular weight excluding hydrogens is 186 g/mol. The third-order valence-electron chi connectivity index (χ3n) is 1.11. The Morgan fingerprint density at radius 3 is 2.50 bits per heavy atom. The molecule has 0 aliphatic rings. The molecule has 0 saturated carbocycles. The van der Waals surface area contributed by atoms with Crippen LogP contribution in [0.3, 0.4) is 0 Å². The number of hydrogen-bond donors (Lipinski definition) is 1. The van der Waals surface area contributed by atoms with Crippen LogP contribution < -0.4 is 0 Å². The van der Waals surface area contributed by atoms with Crippen LogP contribution in [0.5, 0.6) is 0 Å². The van der Waals surface area contributed by atoms with Crippen molar-refractivity contribution in [1.29, 1.82) is 0 Å². The van der Waals surface area contributed by atoms with Crippen LogP contribution in [0.4, 0.5) is 0 Å². The second-order valence-corrected chi connectivity index (χ2v) is 2.13.